The molecule has 0 saturated carbocycles. The van der Waals surface area contributed by atoms with E-state index in [0.717, 1.165) is 209 Å². The first kappa shape index (κ1) is 83.0. The minimum absolute atomic E-state index is 0.636. The van der Waals surface area contributed by atoms with Gasteiger partial charge in [0, 0.05) is 82.4 Å². The Bertz CT molecular complexity index is 9880. The second-order valence-corrected chi connectivity index (χ2v) is 36.2. The van der Waals surface area contributed by atoms with E-state index in [2.05, 4.69) is 394 Å². The van der Waals surface area contributed by atoms with Gasteiger partial charge >= 0.3 is 0 Å². The first-order chi connectivity index (χ1) is 70.7. The molecule has 0 bridgehead atoms. The van der Waals surface area contributed by atoms with E-state index in [9.17, 15) is 0 Å². The second kappa shape index (κ2) is 35.0. The van der Waals surface area contributed by atoms with Crippen LogP contribution in [0.2, 0.25) is 0 Å². The Labute approximate surface area is 819 Å². The fourth-order valence-corrected chi connectivity index (χ4v) is 20.3. The molecule has 0 N–H and O–H groups in total. The third-order valence-electron chi connectivity index (χ3n) is 27.4. The van der Waals surface area contributed by atoms with E-state index >= 15 is 0 Å². The summed E-state index contributed by atoms with van der Waals surface area (Å²) in [7, 11) is 0. The van der Waals surface area contributed by atoms with E-state index in [-0.39, 0.29) is 0 Å². The maximum Gasteiger partial charge on any atom is 0.164 e. The number of nitrogens with zero attached hydrogens (tertiary/aromatic N) is 9. The summed E-state index contributed by atoms with van der Waals surface area (Å²) in [4.78, 5) is 45.5. The molecule has 6 heterocycles. The predicted octanol–water partition coefficient (Wildman–Crippen LogP) is 34.5. The van der Waals surface area contributed by atoms with Crippen LogP contribution in [0.3, 0.4) is 0 Å². The Kier molecular flexibility index (Phi) is 20.3. The summed E-state index contributed by atoms with van der Waals surface area (Å²) in [6, 6.07) is 166. The van der Waals surface area contributed by atoms with Crippen molar-refractivity contribution in [2.75, 3.05) is 0 Å². The molecule has 12 heteroatoms. The number of benzene rings is 23. The van der Waals surface area contributed by atoms with Crippen molar-refractivity contribution < 1.29 is 13.3 Å². The quantitative estimate of drug-likeness (QED) is 0.114. The molecule has 23 aromatic carbocycles. The topological polar surface area (TPSA) is 155 Å². The SMILES string of the molecule is c1ccc(-c2nc(-c3ccc4ccccc4c3)nc(-c3ccc4ccc(-c5cccc6oc7ccccc7c56)cc4c3)n2)cc1.c1ccc2cc(-c3nc(-c4ccc5ccccc5c4)nc(-c4ccc5ccc(-c6cccc7oc8ccccc8c67)cc5c4)n3)ccc2c1.c1ccc2cc(-c3nc(-c4ccc5ccccc5c4)nc(-c4cccc5cc(-c6cccc7oc8ccccc8c67)ccc45)n3)ccc2c1. The van der Waals surface area contributed by atoms with Gasteiger partial charge in [-0.3, -0.25) is 0 Å². The zero-order valence-corrected chi connectivity index (χ0v) is 76.9. The molecule has 0 amide bonds. The monoisotopic (exact) mass is 1830 g/mol. The van der Waals surface area contributed by atoms with E-state index in [1.54, 1.807) is 0 Å². The highest BCUT2D eigenvalue weighted by Crippen LogP contribution is 2.45. The van der Waals surface area contributed by atoms with Gasteiger partial charge in [-0.2, -0.15) is 0 Å². The summed E-state index contributed by atoms with van der Waals surface area (Å²) >= 11 is 0. The number of fused-ring (bicyclic) bond motifs is 17. The van der Waals surface area contributed by atoms with Crippen LogP contribution >= 0.6 is 0 Å². The maximum absolute atomic E-state index is 6.20. The Morgan fingerprint density at radius 1 is 0.112 bits per heavy atom. The van der Waals surface area contributed by atoms with Crippen molar-refractivity contribution in [3.8, 4) is 136 Å². The molecule has 0 unspecified atom stereocenters. The molecule has 29 rings (SSSR count). The lowest BCUT2D eigenvalue weighted by Gasteiger charge is -2.12. The summed E-state index contributed by atoms with van der Waals surface area (Å²) in [6.07, 6.45) is 0. The van der Waals surface area contributed by atoms with Crippen LogP contribution in [0, 0.1) is 0 Å². The lowest BCUT2D eigenvalue weighted by atomic mass is 9.95. The van der Waals surface area contributed by atoms with Gasteiger partial charge in [0.1, 0.15) is 33.5 Å². The molecule has 0 aliphatic carbocycles. The molecule has 12 nitrogen and oxygen atoms in total. The molecular formula is C131H79N9O3. The first-order valence-corrected chi connectivity index (χ1v) is 47.9. The summed E-state index contributed by atoms with van der Waals surface area (Å²) in [6.45, 7) is 0. The zero-order valence-electron chi connectivity index (χ0n) is 76.9. The van der Waals surface area contributed by atoms with Crippen molar-refractivity contribution in [1.29, 1.82) is 0 Å². The van der Waals surface area contributed by atoms with Crippen LogP contribution < -0.4 is 0 Å². The summed E-state index contributed by atoms with van der Waals surface area (Å²) in [5.74, 6) is 5.80. The van der Waals surface area contributed by atoms with Gasteiger partial charge in [-0.25, -0.2) is 44.9 Å². The van der Waals surface area contributed by atoms with E-state index in [4.69, 9.17) is 58.1 Å². The van der Waals surface area contributed by atoms with Crippen molar-refractivity contribution in [3.63, 3.8) is 0 Å². The van der Waals surface area contributed by atoms with Gasteiger partial charge in [0.05, 0.1) is 0 Å². The lowest BCUT2D eigenvalue weighted by Crippen LogP contribution is -2.00. The van der Waals surface area contributed by atoms with Gasteiger partial charge in [0.15, 0.2) is 52.4 Å². The highest BCUT2D eigenvalue weighted by molar-refractivity contribution is 6.16. The highest BCUT2D eigenvalue weighted by atomic mass is 16.3. The van der Waals surface area contributed by atoms with Crippen LogP contribution in [0.1, 0.15) is 0 Å². The van der Waals surface area contributed by atoms with E-state index in [1.807, 2.05) is 84.9 Å². The van der Waals surface area contributed by atoms with Gasteiger partial charge in [0.2, 0.25) is 0 Å². The molecule has 0 radical (unpaired) electrons. The van der Waals surface area contributed by atoms with Crippen LogP contribution in [0.4, 0.5) is 0 Å². The maximum atomic E-state index is 6.20. The van der Waals surface area contributed by atoms with Crippen LogP contribution in [-0.4, -0.2) is 44.9 Å². The molecule has 0 aliphatic heterocycles. The molecule has 0 spiro atoms. The van der Waals surface area contributed by atoms with Crippen molar-refractivity contribution >= 4 is 152 Å². The van der Waals surface area contributed by atoms with Gasteiger partial charge in [-0.15, -0.1) is 0 Å². The van der Waals surface area contributed by atoms with E-state index in [0.29, 0.717) is 52.4 Å². The molecule has 143 heavy (non-hydrogen) atoms. The number of para-hydroxylation sites is 3. The Morgan fingerprint density at radius 3 is 0.643 bits per heavy atom. The van der Waals surface area contributed by atoms with Crippen LogP contribution in [0.15, 0.2) is 492 Å². The first-order valence-electron chi connectivity index (χ1n) is 47.9. The Morgan fingerprint density at radius 2 is 0.322 bits per heavy atom. The third kappa shape index (κ3) is 15.5. The van der Waals surface area contributed by atoms with Gasteiger partial charge in [-0.05, 0) is 217 Å². The average molecular weight is 1830 g/mol. The number of hydrogen-bond donors (Lipinski definition) is 0. The van der Waals surface area contributed by atoms with Gasteiger partial charge < -0.3 is 13.3 Å². The fraction of sp³-hybridized carbons (Fsp3) is 0. The van der Waals surface area contributed by atoms with Crippen molar-refractivity contribution in [2.45, 2.75) is 0 Å². The average Bonchev–Trinajstić information content (AvgIpc) is 1.58. The minimum Gasteiger partial charge on any atom is -0.456 e. The van der Waals surface area contributed by atoms with Crippen molar-refractivity contribution in [3.05, 3.63) is 479 Å². The Hall–Kier alpha value is -19.4. The number of aromatic nitrogens is 9. The Balaban J connectivity index is 0.000000107. The molecule has 0 atom stereocenters. The van der Waals surface area contributed by atoms with Gasteiger partial charge in [0.25, 0.3) is 0 Å². The van der Waals surface area contributed by atoms with Crippen LogP contribution in [-0.2, 0) is 0 Å². The zero-order chi connectivity index (χ0) is 94.4. The van der Waals surface area contributed by atoms with E-state index < -0.39 is 0 Å². The largest absolute Gasteiger partial charge is 0.456 e. The molecule has 0 fully saturated rings. The molecular weight excluding hydrogens is 1750 g/mol. The normalized spacial score (nSPS) is 11.6. The number of hydrogen-bond acceptors (Lipinski definition) is 12. The standard InChI is InChI=1S/2C45H27N3O.C41H25N3O/c1-3-11-30-25-34(21-19-28(30)9-1)43-46-44(35-22-20-29-10-2-4-12-31(29)26-35)48-45(47-43)38-16-7-13-32-27-33(23-24-36(32)38)37-15-8-18-41-42(37)39-14-5-6-17-40(39)49-41;1-3-10-31-24-34(21-17-28(31)8-1)43-46-44(35-22-18-29-9-2-4-11-32(29)25-35)48-45(47-43)36-23-19-30-16-20-33(26-37(30)27-36)38-13-7-15-41-42(38)39-12-5-6-14-40(39)49-41;1-2-10-28(11-3-1)39-42-40(31-21-18-26-9-4-5-12-29(26)23-31)44-41(43-39)32-22-19-27-17-20-30(24-33(27)25-32)34-14-8-16-37-38(34)35-13-6-7-15-36(35)45-37/h2*1-27H;1-25H. The van der Waals surface area contributed by atoms with Crippen molar-refractivity contribution in [2.24, 2.45) is 0 Å². The lowest BCUT2D eigenvalue weighted by molar-refractivity contribution is 0.668. The molecule has 6 aromatic heterocycles. The number of furan rings is 3. The van der Waals surface area contributed by atoms with Gasteiger partial charge in [-0.1, -0.05) is 382 Å². The molecule has 29 aromatic rings. The van der Waals surface area contributed by atoms with Crippen LogP contribution in [0.5, 0.6) is 0 Å². The van der Waals surface area contributed by atoms with Crippen molar-refractivity contribution in [1.82, 2.24) is 44.9 Å². The molecule has 0 saturated heterocycles. The minimum atomic E-state index is 0.636. The van der Waals surface area contributed by atoms with E-state index in [1.165, 1.54) is 26.9 Å². The molecule has 0 aliphatic rings. The smallest absolute Gasteiger partial charge is 0.164 e. The van der Waals surface area contributed by atoms with Crippen LogP contribution in [0.25, 0.3) is 288 Å². The predicted molar refractivity (Wildman–Crippen MR) is 587 cm³/mol. The summed E-state index contributed by atoms with van der Waals surface area (Å²) in [5, 5.41) is 25.1. The summed E-state index contributed by atoms with van der Waals surface area (Å²) < 4.78 is 18.6. The third-order valence-corrected chi connectivity index (χ3v) is 27.4. The highest BCUT2D eigenvalue weighted by Gasteiger charge is 2.23. The number of rotatable bonds is 12. The summed E-state index contributed by atoms with van der Waals surface area (Å²) in [5.41, 5.74) is 20.7. The second-order valence-electron chi connectivity index (χ2n) is 36.2. The fourth-order valence-electron chi connectivity index (χ4n) is 20.3. The molecule has 666 valence electrons.